The van der Waals surface area contributed by atoms with Crippen molar-refractivity contribution in [2.75, 3.05) is 25.4 Å². The summed E-state index contributed by atoms with van der Waals surface area (Å²) in [5.41, 5.74) is 2.05. The largest absolute Gasteiger partial charge is 0.375 e. The first-order valence-electron chi connectivity index (χ1n) is 5.51. The third kappa shape index (κ3) is 3.43. The van der Waals surface area contributed by atoms with Gasteiger partial charge in [-0.1, -0.05) is 11.8 Å². The second kappa shape index (κ2) is 5.61. The van der Waals surface area contributed by atoms with Crippen molar-refractivity contribution in [2.45, 2.75) is 25.1 Å². The van der Waals surface area contributed by atoms with Crippen molar-refractivity contribution in [3.63, 3.8) is 0 Å². The van der Waals surface area contributed by atoms with Crippen LogP contribution < -0.4 is 5.32 Å². The molecule has 1 N–H and O–H groups in total. The lowest BCUT2D eigenvalue weighted by atomic mass is 10.3. The van der Waals surface area contributed by atoms with Gasteiger partial charge < -0.3 is 10.1 Å². The average Bonchev–Trinajstić information content (AvgIpc) is 2.27. The fourth-order valence-electron chi connectivity index (χ4n) is 1.65. The van der Waals surface area contributed by atoms with E-state index in [4.69, 9.17) is 4.74 Å². The Hall–Kier alpha value is -0.650. The topological polar surface area (TPSA) is 47.0 Å². The third-order valence-corrected chi connectivity index (χ3v) is 3.34. The molecule has 4 nitrogen and oxygen atoms in total. The number of nitrogens with one attached hydrogen (secondary N) is 1. The van der Waals surface area contributed by atoms with Crippen molar-refractivity contribution in [3.8, 4) is 0 Å². The lowest BCUT2D eigenvalue weighted by molar-refractivity contribution is 0.0440. The molecule has 0 saturated carbocycles. The normalized spacial score (nSPS) is 21.0. The quantitative estimate of drug-likeness (QED) is 0.634. The summed E-state index contributed by atoms with van der Waals surface area (Å²) in [7, 11) is 0. The highest BCUT2D eigenvalue weighted by Gasteiger charge is 2.14. The summed E-state index contributed by atoms with van der Waals surface area (Å²) in [6.45, 7) is 6.69. The molecule has 0 aromatic carbocycles. The van der Waals surface area contributed by atoms with Gasteiger partial charge >= 0.3 is 0 Å². The van der Waals surface area contributed by atoms with Crippen molar-refractivity contribution < 1.29 is 4.74 Å². The van der Waals surface area contributed by atoms with Gasteiger partial charge in [-0.2, -0.15) is 0 Å². The lowest BCUT2D eigenvalue weighted by Gasteiger charge is -2.22. The summed E-state index contributed by atoms with van der Waals surface area (Å²) in [6, 6.07) is 1.99. The maximum Gasteiger partial charge on any atom is 0.188 e. The Kier molecular flexibility index (Phi) is 4.15. The highest BCUT2D eigenvalue weighted by Crippen LogP contribution is 2.16. The van der Waals surface area contributed by atoms with Crippen LogP contribution in [-0.2, 0) is 4.74 Å². The summed E-state index contributed by atoms with van der Waals surface area (Å²) < 4.78 is 5.62. The number of nitrogens with zero attached hydrogens (tertiary/aromatic N) is 2. The highest BCUT2D eigenvalue weighted by atomic mass is 32.2. The molecule has 88 valence electrons. The Morgan fingerprint density at radius 2 is 2.19 bits per heavy atom. The zero-order valence-electron chi connectivity index (χ0n) is 9.69. The average molecular weight is 239 g/mol. The minimum absolute atomic E-state index is 0.281. The van der Waals surface area contributed by atoms with Gasteiger partial charge in [0.05, 0.1) is 12.7 Å². The zero-order chi connectivity index (χ0) is 11.4. The van der Waals surface area contributed by atoms with Crippen LogP contribution in [-0.4, -0.2) is 41.5 Å². The van der Waals surface area contributed by atoms with Crippen LogP contribution in [0.5, 0.6) is 0 Å². The molecular weight excluding hydrogens is 222 g/mol. The highest BCUT2D eigenvalue weighted by molar-refractivity contribution is 7.99. The van der Waals surface area contributed by atoms with E-state index in [-0.39, 0.29) is 6.10 Å². The summed E-state index contributed by atoms with van der Waals surface area (Å²) in [4.78, 5) is 8.79. The number of thioether (sulfide) groups is 1. The molecule has 0 bridgehead atoms. The summed E-state index contributed by atoms with van der Waals surface area (Å²) in [5.74, 6) is 0.913. The number of ether oxygens (including phenoxy) is 1. The number of morpholine rings is 1. The van der Waals surface area contributed by atoms with Crippen molar-refractivity contribution in [1.82, 2.24) is 15.3 Å². The van der Waals surface area contributed by atoms with Crippen LogP contribution >= 0.6 is 11.8 Å². The molecular formula is C11H17N3OS. The van der Waals surface area contributed by atoms with E-state index in [0.717, 1.165) is 42.0 Å². The first-order valence-corrected chi connectivity index (χ1v) is 6.50. The number of hydrogen-bond donors (Lipinski definition) is 1. The van der Waals surface area contributed by atoms with E-state index >= 15 is 0 Å². The van der Waals surface area contributed by atoms with E-state index in [2.05, 4.69) is 15.3 Å². The van der Waals surface area contributed by atoms with E-state index in [0.29, 0.717) is 0 Å². The number of aryl methyl sites for hydroxylation is 2. The van der Waals surface area contributed by atoms with Crippen LogP contribution in [0.2, 0.25) is 0 Å². The first-order chi connectivity index (χ1) is 7.74. The molecule has 1 saturated heterocycles. The van der Waals surface area contributed by atoms with Crippen molar-refractivity contribution in [1.29, 1.82) is 0 Å². The molecule has 1 aromatic rings. The second-order valence-corrected chi connectivity index (χ2v) is 4.93. The van der Waals surface area contributed by atoms with Crippen molar-refractivity contribution in [3.05, 3.63) is 17.5 Å². The van der Waals surface area contributed by atoms with Crippen molar-refractivity contribution in [2.24, 2.45) is 0 Å². The van der Waals surface area contributed by atoms with Crippen LogP contribution in [0.3, 0.4) is 0 Å². The van der Waals surface area contributed by atoms with E-state index in [1.54, 1.807) is 11.8 Å². The molecule has 1 fully saturated rings. The Bertz CT molecular complexity index is 333. The molecule has 0 spiro atoms. The van der Waals surface area contributed by atoms with Gasteiger partial charge in [-0.15, -0.1) is 0 Å². The van der Waals surface area contributed by atoms with Gasteiger partial charge in [-0.3, -0.25) is 0 Å². The van der Waals surface area contributed by atoms with Crippen LogP contribution in [0.1, 0.15) is 11.4 Å². The Morgan fingerprint density at radius 3 is 2.81 bits per heavy atom. The molecule has 1 aliphatic heterocycles. The molecule has 2 rings (SSSR count). The van der Waals surface area contributed by atoms with Crippen LogP contribution in [0.25, 0.3) is 0 Å². The number of aromatic nitrogens is 2. The zero-order valence-corrected chi connectivity index (χ0v) is 10.5. The monoisotopic (exact) mass is 239 g/mol. The third-order valence-electron chi connectivity index (χ3n) is 2.36. The van der Waals surface area contributed by atoms with E-state index in [9.17, 15) is 0 Å². The Balaban J connectivity index is 1.88. The van der Waals surface area contributed by atoms with E-state index in [1.165, 1.54) is 0 Å². The Labute approximate surface area is 100 Å². The van der Waals surface area contributed by atoms with Gasteiger partial charge in [-0.25, -0.2) is 9.97 Å². The van der Waals surface area contributed by atoms with Crippen molar-refractivity contribution >= 4 is 11.8 Å². The molecule has 0 amide bonds. The summed E-state index contributed by atoms with van der Waals surface area (Å²) >= 11 is 1.67. The Morgan fingerprint density at radius 1 is 1.44 bits per heavy atom. The molecule has 16 heavy (non-hydrogen) atoms. The fourth-order valence-corrected chi connectivity index (χ4v) is 2.62. The second-order valence-electron chi connectivity index (χ2n) is 3.94. The minimum Gasteiger partial charge on any atom is -0.375 e. The number of rotatable bonds is 3. The molecule has 5 heteroatoms. The molecule has 1 unspecified atom stereocenters. The molecule has 0 aliphatic carbocycles. The molecule has 1 atom stereocenters. The molecule has 2 heterocycles. The predicted octanol–water partition coefficient (Wildman–Crippen LogP) is 1.17. The molecule has 0 radical (unpaired) electrons. The number of hydrogen-bond acceptors (Lipinski definition) is 5. The SMILES string of the molecule is Cc1cc(C)nc(SCC2CNCCO2)n1. The van der Waals surface area contributed by atoms with Gasteiger partial charge in [0.2, 0.25) is 0 Å². The molecule has 1 aromatic heterocycles. The minimum atomic E-state index is 0.281. The lowest BCUT2D eigenvalue weighted by Crippen LogP contribution is -2.39. The van der Waals surface area contributed by atoms with Crippen LogP contribution in [0.15, 0.2) is 11.2 Å². The van der Waals surface area contributed by atoms with E-state index in [1.807, 2.05) is 19.9 Å². The summed E-state index contributed by atoms with van der Waals surface area (Å²) in [6.07, 6.45) is 0.281. The van der Waals surface area contributed by atoms with Gasteiger partial charge in [0, 0.05) is 30.2 Å². The maximum atomic E-state index is 5.62. The van der Waals surface area contributed by atoms with Crippen LogP contribution in [0.4, 0.5) is 0 Å². The van der Waals surface area contributed by atoms with Gasteiger partial charge in [-0.05, 0) is 19.9 Å². The van der Waals surface area contributed by atoms with Gasteiger partial charge in [0.25, 0.3) is 0 Å². The summed E-state index contributed by atoms with van der Waals surface area (Å²) in [5, 5.41) is 4.17. The first kappa shape index (κ1) is 11.8. The van der Waals surface area contributed by atoms with Gasteiger partial charge in [0.15, 0.2) is 5.16 Å². The van der Waals surface area contributed by atoms with Gasteiger partial charge in [0.1, 0.15) is 0 Å². The fraction of sp³-hybridized carbons (Fsp3) is 0.636. The maximum absolute atomic E-state index is 5.62. The van der Waals surface area contributed by atoms with E-state index < -0.39 is 0 Å². The smallest absolute Gasteiger partial charge is 0.188 e. The molecule has 1 aliphatic rings. The van der Waals surface area contributed by atoms with Crippen LogP contribution in [0, 0.1) is 13.8 Å². The standard InChI is InChI=1S/C11H17N3OS/c1-8-5-9(2)14-11(13-8)16-7-10-6-12-3-4-15-10/h5,10,12H,3-4,6-7H2,1-2H3. The predicted molar refractivity (Wildman–Crippen MR) is 64.8 cm³/mol.